The summed E-state index contributed by atoms with van der Waals surface area (Å²) in [6.07, 6.45) is 2.76. The lowest BCUT2D eigenvalue weighted by molar-refractivity contribution is 0.223. The normalized spacial score (nSPS) is 13.1. The average Bonchev–Trinajstić information content (AvgIpc) is 3.00. The van der Waals surface area contributed by atoms with Crippen molar-refractivity contribution in [3.8, 4) is 0 Å². The average molecular weight is 250 g/mol. The van der Waals surface area contributed by atoms with Gasteiger partial charge < -0.3 is 10.2 Å². The number of nitrogens with two attached hydrogens (primary N) is 1. The molecule has 0 aliphatic rings. The molecular formula is C13H18N2OS. The fourth-order valence-electron chi connectivity index (χ4n) is 1.89. The first kappa shape index (κ1) is 12.4. The van der Waals surface area contributed by atoms with Crippen LogP contribution in [0, 0.1) is 0 Å². The van der Waals surface area contributed by atoms with E-state index in [1.807, 2.05) is 12.1 Å². The van der Waals surface area contributed by atoms with Crippen LogP contribution in [0.3, 0.4) is 0 Å². The van der Waals surface area contributed by atoms with Crippen LogP contribution in [0.5, 0.6) is 0 Å². The highest BCUT2D eigenvalue weighted by atomic mass is 32.1. The zero-order valence-electron chi connectivity index (χ0n) is 10.0. The number of furan rings is 1. The minimum absolute atomic E-state index is 0.171. The van der Waals surface area contributed by atoms with Crippen molar-refractivity contribution in [2.45, 2.75) is 12.5 Å². The van der Waals surface area contributed by atoms with E-state index in [4.69, 9.17) is 10.2 Å². The van der Waals surface area contributed by atoms with Gasteiger partial charge in [0.2, 0.25) is 0 Å². The smallest absolute Gasteiger partial charge is 0.122 e. The summed E-state index contributed by atoms with van der Waals surface area (Å²) in [5.41, 5.74) is 5.81. The summed E-state index contributed by atoms with van der Waals surface area (Å²) in [5, 5.41) is 2.11. The van der Waals surface area contributed by atoms with Crippen molar-refractivity contribution in [1.82, 2.24) is 4.90 Å². The molecule has 2 N–H and O–H groups in total. The fourth-order valence-corrected chi connectivity index (χ4v) is 2.59. The van der Waals surface area contributed by atoms with E-state index in [1.54, 1.807) is 17.6 Å². The number of likely N-dealkylation sites (N-methyl/N-ethyl adjacent to an activating group) is 1. The van der Waals surface area contributed by atoms with Gasteiger partial charge in [0.05, 0.1) is 12.3 Å². The second kappa shape index (κ2) is 6.00. The minimum Gasteiger partial charge on any atom is -0.468 e. The Morgan fingerprint density at radius 1 is 1.41 bits per heavy atom. The lowest BCUT2D eigenvalue weighted by Crippen LogP contribution is -2.31. The molecule has 4 heteroatoms. The maximum absolute atomic E-state index is 5.81. The van der Waals surface area contributed by atoms with E-state index < -0.39 is 0 Å². The Bertz CT molecular complexity index is 411. The maximum Gasteiger partial charge on any atom is 0.122 e. The summed E-state index contributed by atoms with van der Waals surface area (Å²) < 4.78 is 5.43. The van der Waals surface area contributed by atoms with E-state index in [0.29, 0.717) is 6.54 Å². The van der Waals surface area contributed by atoms with Gasteiger partial charge in [-0.05, 0) is 37.0 Å². The highest BCUT2D eigenvalue weighted by molar-refractivity contribution is 7.09. The lowest BCUT2D eigenvalue weighted by atomic mass is 10.2. The Balaban J connectivity index is 1.91. The number of hydrogen-bond donors (Lipinski definition) is 1. The first-order valence-electron chi connectivity index (χ1n) is 5.77. The molecule has 0 aromatic carbocycles. The molecule has 2 rings (SSSR count). The van der Waals surface area contributed by atoms with E-state index in [1.165, 1.54) is 4.88 Å². The van der Waals surface area contributed by atoms with Gasteiger partial charge in [-0.2, -0.15) is 0 Å². The van der Waals surface area contributed by atoms with Gasteiger partial charge in [0.15, 0.2) is 0 Å². The molecule has 3 nitrogen and oxygen atoms in total. The Morgan fingerprint density at radius 3 is 2.88 bits per heavy atom. The van der Waals surface area contributed by atoms with Crippen LogP contribution in [0.2, 0.25) is 0 Å². The van der Waals surface area contributed by atoms with Gasteiger partial charge in [0, 0.05) is 18.0 Å². The topological polar surface area (TPSA) is 42.4 Å². The summed E-state index contributed by atoms with van der Waals surface area (Å²) in [7, 11) is 2.09. The monoisotopic (exact) mass is 250 g/mol. The molecule has 17 heavy (non-hydrogen) atoms. The molecule has 0 spiro atoms. The molecule has 0 saturated heterocycles. The SMILES string of the molecule is CN(CCc1cccs1)C(CN)c1ccco1. The zero-order valence-corrected chi connectivity index (χ0v) is 10.8. The quantitative estimate of drug-likeness (QED) is 0.856. The Labute approximate surface area is 106 Å². The molecule has 0 fully saturated rings. The van der Waals surface area contributed by atoms with E-state index in [9.17, 15) is 0 Å². The molecule has 0 aliphatic carbocycles. The molecule has 1 atom stereocenters. The Morgan fingerprint density at radius 2 is 2.29 bits per heavy atom. The molecule has 0 saturated carbocycles. The predicted octanol–water partition coefficient (Wildman–Crippen LogP) is 2.52. The van der Waals surface area contributed by atoms with E-state index in [0.717, 1.165) is 18.7 Å². The summed E-state index contributed by atoms with van der Waals surface area (Å²) in [6.45, 7) is 1.57. The van der Waals surface area contributed by atoms with Crippen molar-refractivity contribution in [3.05, 3.63) is 46.5 Å². The largest absolute Gasteiger partial charge is 0.468 e. The predicted molar refractivity (Wildman–Crippen MR) is 71.2 cm³/mol. The molecule has 0 bridgehead atoms. The van der Waals surface area contributed by atoms with Gasteiger partial charge in [-0.15, -0.1) is 11.3 Å². The van der Waals surface area contributed by atoms with E-state index >= 15 is 0 Å². The zero-order chi connectivity index (χ0) is 12.1. The van der Waals surface area contributed by atoms with Crippen LogP contribution in [-0.2, 0) is 6.42 Å². The summed E-state index contributed by atoms with van der Waals surface area (Å²) in [6, 6.07) is 8.32. The molecule has 92 valence electrons. The first-order chi connectivity index (χ1) is 8.31. The van der Waals surface area contributed by atoms with E-state index in [2.05, 4.69) is 29.5 Å². The van der Waals surface area contributed by atoms with Gasteiger partial charge >= 0.3 is 0 Å². The fraction of sp³-hybridized carbons (Fsp3) is 0.385. The van der Waals surface area contributed by atoms with Gasteiger partial charge in [-0.1, -0.05) is 6.07 Å². The molecule has 2 aromatic heterocycles. The summed E-state index contributed by atoms with van der Waals surface area (Å²) in [4.78, 5) is 3.66. The van der Waals surface area contributed by atoms with Crippen LogP contribution >= 0.6 is 11.3 Å². The molecular weight excluding hydrogens is 232 g/mol. The third-order valence-electron chi connectivity index (χ3n) is 2.92. The van der Waals surface area contributed by atoms with Crippen molar-refractivity contribution in [2.75, 3.05) is 20.1 Å². The highest BCUT2D eigenvalue weighted by Gasteiger charge is 2.17. The van der Waals surface area contributed by atoms with Crippen LogP contribution < -0.4 is 5.73 Å². The lowest BCUT2D eigenvalue weighted by Gasteiger charge is -2.24. The summed E-state index contributed by atoms with van der Waals surface area (Å²) in [5.74, 6) is 0.946. The summed E-state index contributed by atoms with van der Waals surface area (Å²) >= 11 is 1.80. The number of nitrogens with zero attached hydrogens (tertiary/aromatic N) is 1. The highest BCUT2D eigenvalue weighted by Crippen LogP contribution is 2.19. The second-order valence-corrected chi connectivity index (χ2v) is 5.11. The Kier molecular flexibility index (Phi) is 4.36. The van der Waals surface area contributed by atoms with Crippen LogP contribution in [0.1, 0.15) is 16.7 Å². The van der Waals surface area contributed by atoms with Crippen molar-refractivity contribution in [3.63, 3.8) is 0 Å². The molecule has 1 unspecified atom stereocenters. The van der Waals surface area contributed by atoms with E-state index in [-0.39, 0.29) is 6.04 Å². The van der Waals surface area contributed by atoms with Gasteiger partial charge in [-0.25, -0.2) is 0 Å². The number of thiophene rings is 1. The standard InChI is InChI=1S/C13H18N2OS/c1-15(7-6-11-4-3-9-17-11)12(10-14)13-5-2-8-16-13/h2-5,8-9,12H,6-7,10,14H2,1H3. The van der Waals surface area contributed by atoms with Gasteiger partial charge in [0.25, 0.3) is 0 Å². The number of hydrogen-bond acceptors (Lipinski definition) is 4. The van der Waals surface area contributed by atoms with Gasteiger partial charge in [-0.3, -0.25) is 4.90 Å². The third-order valence-corrected chi connectivity index (χ3v) is 3.85. The molecule has 0 amide bonds. The maximum atomic E-state index is 5.81. The third kappa shape index (κ3) is 3.19. The molecule has 0 aliphatic heterocycles. The van der Waals surface area contributed by atoms with Crippen molar-refractivity contribution in [1.29, 1.82) is 0 Å². The van der Waals surface area contributed by atoms with Crippen molar-refractivity contribution < 1.29 is 4.42 Å². The van der Waals surface area contributed by atoms with Crippen LogP contribution in [0.25, 0.3) is 0 Å². The van der Waals surface area contributed by atoms with Crippen molar-refractivity contribution >= 4 is 11.3 Å². The van der Waals surface area contributed by atoms with Gasteiger partial charge in [0.1, 0.15) is 5.76 Å². The van der Waals surface area contributed by atoms with Crippen molar-refractivity contribution in [2.24, 2.45) is 5.73 Å². The molecule has 0 radical (unpaired) electrons. The minimum atomic E-state index is 0.171. The van der Waals surface area contributed by atoms with Crippen LogP contribution in [0.4, 0.5) is 0 Å². The molecule has 2 aromatic rings. The number of rotatable bonds is 6. The Hall–Kier alpha value is -1.10. The molecule has 2 heterocycles. The van der Waals surface area contributed by atoms with Crippen LogP contribution in [0.15, 0.2) is 40.3 Å². The second-order valence-electron chi connectivity index (χ2n) is 4.08. The van der Waals surface area contributed by atoms with Crippen LogP contribution in [-0.4, -0.2) is 25.0 Å². The first-order valence-corrected chi connectivity index (χ1v) is 6.65.